The first-order valence-corrected chi connectivity index (χ1v) is 6.26. The highest BCUT2D eigenvalue weighted by molar-refractivity contribution is 5.95. The van der Waals surface area contributed by atoms with Gasteiger partial charge in [0.05, 0.1) is 5.41 Å². The van der Waals surface area contributed by atoms with Crippen molar-refractivity contribution >= 4 is 11.6 Å². The van der Waals surface area contributed by atoms with Gasteiger partial charge in [0.15, 0.2) is 0 Å². The standard InChI is InChI=1S/C14H21FN2O/c1-4-14(5-2,9-16)13(18)17-12-7-10(3)6-11(15)8-12/h6-8H,4-5,9,16H2,1-3H3,(H,17,18). The molecule has 0 radical (unpaired) electrons. The maximum absolute atomic E-state index is 13.2. The highest BCUT2D eigenvalue weighted by Gasteiger charge is 2.33. The average molecular weight is 252 g/mol. The van der Waals surface area contributed by atoms with Gasteiger partial charge in [-0.15, -0.1) is 0 Å². The number of rotatable bonds is 5. The molecule has 0 aromatic heterocycles. The van der Waals surface area contributed by atoms with Crippen molar-refractivity contribution in [3.63, 3.8) is 0 Å². The quantitative estimate of drug-likeness (QED) is 0.846. The molecule has 0 aliphatic rings. The molecule has 0 unspecified atom stereocenters. The molecule has 0 aliphatic heterocycles. The second-order valence-corrected chi connectivity index (χ2v) is 4.66. The molecule has 3 nitrogen and oxygen atoms in total. The molecule has 3 N–H and O–H groups in total. The predicted molar refractivity (Wildman–Crippen MR) is 71.8 cm³/mol. The van der Waals surface area contributed by atoms with Gasteiger partial charge < -0.3 is 11.1 Å². The maximum atomic E-state index is 13.2. The van der Waals surface area contributed by atoms with E-state index in [0.717, 1.165) is 5.56 Å². The van der Waals surface area contributed by atoms with Crippen molar-refractivity contribution in [1.82, 2.24) is 0 Å². The van der Waals surface area contributed by atoms with E-state index in [2.05, 4.69) is 5.32 Å². The number of hydrogen-bond acceptors (Lipinski definition) is 2. The minimum Gasteiger partial charge on any atom is -0.329 e. The van der Waals surface area contributed by atoms with Gasteiger partial charge in [0.1, 0.15) is 5.82 Å². The van der Waals surface area contributed by atoms with E-state index in [1.807, 2.05) is 13.8 Å². The number of halogens is 1. The molecule has 0 atom stereocenters. The predicted octanol–water partition coefficient (Wildman–Crippen LogP) is 2.84. The number of carbonyl (C=O) groups excluding carboxylic acids is 1. The number of aryl methyl sites for hydroxylation is 1. The lowest BCUT2D eigenvalue weighted by atomic mass is 9.81. The van der Waals surface area contributed by atoms with Gasteiger partial charge in [0, 0.05) is 12.2 Å². The number of amides is 1. The van der Waals surface area contributed by atoms with Crippen molar-refractivity contribution in [2.45, 2.75) is 33.6 Å². The molecule has 1 aromatic carbocycles. The van der Waals surface area contributed by atoms with Gasteiger partial charge in [-0.2, -0.15) is 0 Å². The van der Waals surface area contributed by atoms with Gasteiger partial charge in [-0.3, -0.25) is 4.79 Å². The number of hydrogen-bond donors (Lipinski definition) is 2. The minimum atomic E-state index is -0.569. The van der Waals surface area contributed by atoms with Crippen LogP contribution in [0.25, 0.3) is 0 Å². The van der Waals surface area contributed by atoms with Crippen molar-refractivity contribution < 1.29 is 9.18 Å². The van der Waals surface area contributed by atoms with Gasteiger partial charge in [0.2, 0.25) is 5.91 Å². The number of carbonyl (C=O) groups is 1. The van der Waals surface area contributed by atoms with E-state index in [1.165, 1.54) is 12.1 Å². The van der Waals surface area contributed by atoms with E-state index in [1.54, 1.807) is 13.0 Å². The molecule has 0 heterocycles. The largest absolute Gasteiger partial charge is 0.329 e. The van der Waals surface area contributed by atoms with Crippen LogP contribution < -0.4 is 11.1 Å². The molecule has 1 amide bonds. The number of anilines is 1. The molecule has 0 aliphatic carbocycles. The van der Waals surface area contributed by atoms with Crippen molar-refractivity contribution in [1.29, 1.82) is 0 Å². The molecule has 18 heavy (non-hydrogen) atoms. The van der Waals surface area contributed by atoms with Gasteiger partial charge >= 0.3 is 0 Å². The lowest BCUT2D eigenvalue weighted by Gasteiger charge is -2.28. The first-order valence-electron chi connectivity index (χ1n) is 6.26. The van der Waals surface area contributed by atoms with E-state index in [4.69, 9.17) is 5.73 Å². The number of benzene rings is 1. The summed E-state index contributed by atoms with van der Waals surface area (Å²) in [7, 11) is 0. The normalized spacial score (nSPS) is 11.4. The second kappa shape index (κ2) is 5.96. The summed E-state index contributed by atoms with van der Waals surface area (Å²) >= 11 is 0. The second-order valence-electron chi connectivity index (χ2n) is 4.66. The molecule has 1 rings (SSSR count). The van der Waals surface area contributed by atoms with Crippen molar-refractivity contribution in [2.24, 2.45) is 11.1 Å². The fourth-order valence-corrected chi connectivity index (χ4v) is 2.02. The van der Waals surface area contributed by atoms with Gasteiger partial charge in [-0.1, -0.05) is 13.8 Å². The zero-order valence-corrected chi connectivity index (χ0v) is 11.2. The Hall–Kier alpha value is -1.42. The molecular weight excluding hydrogens is 231 g/mol. The van der Waals surface area contributed by atoms with E-state index in [-0.39, 0.29) is 11.7 Å². The Morgan fingerprint density at radius 2 is 1.94 bits per heavy atom. The summed E-state index contributed by atoms with van der Waals surface area (Å²) in [6.07, 6.45) is 1.33. The molecule has 0 saturated carbocycles. The van der Waals surface area contributed by atoms with Gasteiger partial charge in [0.25, 0.3) is 0 Å². The minimum absolute atomic E-state index is 0.139. The van der Waals surface area contributed by atoms with Crippen LogP contribution in [0, 0.1) is 18.2 Å². The molecule has 0 fully saturated rings. The molecule has 1 aromatic rings. The summed E-state index contributed by atoms with van der Waals surface area (Å²) in [6.45, 7) is 5.95. The first-order chi connectivity index (χ1) is 8.47. The molecule has 4 heteroatoms. The maximum Gasteiger partial charge on any atom is 0.231 e. The Morgan fingerprint density at radius 1 is 1.33 bits per heavy atom. The summed E-state index contributed by atoms with van der Waals surface area (Å²) in [6, 6.07) is 4.48. The first kappa shape index (κ1) is 14.6. The topological polar surface area (TPSA) is 55.1 Å². The van der Waals surface area contributed by atoms with Crippen LogP contribution in [-0.2, 0) is 4.79 Å². The van der Waals surface area contributed by atoms with E-state index >= 15 is 0 Å². The monoisotopic (exact) mass is 252 g/mol. The van der Waals surface area contributed by atoms with Crippen LogP contribution in [-0.4, -0.2) is 12.5 Å². The lowest BCUT2D eigenvalue weighted by molar-refractivity contribution is -0.125. The fourth-order valence-electron chi connectivity index (χ4n) is 2.02. The molecule has 0 bridgehead atoms. The molecule has 0 spiro atoms. The molecular formula is C14H21FN2O. The fraction of sp³-hybridized carbons (Fsp3) is 0.500. The van der Waals surface area contributed by atoms with E-state index in [0.29, 0.717) is 25.1 Å². The average Bonchev–Trinajstić information content (AvgIpc) is 2.30. The summed E-state index contributed by atoms with van der Waals surface area (Å²) in [5, 5.41) is 2.76. The van der Waals surface area contributed by atoms with Crippen molar-refractivity contribution in [3.05, 3.63) is 29.6 Å². The SMILES string of the molecule is CCC(CC)(CN)C(=O)Nc1cc(C)cc(F)c1. The number of nitrogens with two attached hydrogens (primary N) is 1. The molecule has 0 saturated heterocycles. The third-order valence-corrected chi connectivity index (χ3v) is 3.53. The molecule has 100 valence electrons. The zero-order valence-electron chi connectivity index (χ0n) is 11.2. The highest BCUT2D eigenvalue weighted by Crippen LogP contribution is 2.27. The Labute approximate surface area is 108 Å². The third kappa shape index (κ3) is 3.07. The van der Waals surface area contributed by atoms with Crippen LogP contribution in [0.4, 0.5) is 10.1 Å². The van der Waals surface area contributed by atoms with Crippen LogP contribution in [0.5, 0.6) is 0 Å². The Kier molecular flexibility index (Phi) is 4.84. The number of nitrogens with one attached hydrogen (secondary N) is 1. The summed E-state index contributed by atoms with van der Waals surface area (Å²) in [5.41, 5.74) is 6.40. The Bertz CT molecular complexity index is 399. The summed E-state index contributed by atoms with van der Waals surface area (Å²) in [5.74, 6) is -0.489. The summed E-state index contributed by atoms with van der Waals surface area (Å²) < 4.78 is 13.2. The van der Waals surface area contributed by atoms with Crippen LogP contribution in [0.15, 0.2) is 18.2 Å². The lowest BCUT2D eigenvalue weighted by Crippen LogP contribution is -2.41. The van der Waals surface area contributed by atoms with E-state index < -0.39 is 5.41 Å². The summed E-state index contributed by atoms with van der Waals surface area (Å²) in [4.78, 5) is 12.2. The van der Waals surface area contributed by atoms with Gasteiger partial charge in [-0.05, 0) is 43.5 Å². The Balaban J connectivity index is 2.92. The zero-order chi connectivity index (χ0) is 13.8. The van der Waals surface area contributed by atoms with Crippen LogP contribution in [0.2, 0.25) is 0 Å². The van der Waals surface area contributed by atoms with Crippen molar-refractivity contribution in [2.75, 3.05) is 11.9 Å². The third-order valence-electron chi connectivity index (χ3n) is 3.53. The highest BCUT2D eigenvalue weighted by atomic mass is 19.1. The van der Waals surface area contributed by atoms with Crippen LogP contribution in [0.1, 0.15) is 32.3 Å². The van der Waals surface area contributed by atoms with Crippen LogP contribution >= 0.6 is 0 Å². The van der Waals surface area contributed by atoms with Crippen LogP contribution in [0.3, 0.4) is 0 Å². The van der Waals surface area contributed by atoms with Gasteiger partial charge in [-0.25, -0.2) is 4.39 Å². The van der Waals surface area contributed by atoms with E-state index in [9.17, 15) is 9.18 Å². The Morgan fingerprint density at radius 3 is 2.39 bits per heavy atom. The van der Waals surface area contributed by atoms with Crippen molar-refractivity contribution in [3.8, 4) is 0 Å². The smallest absolute Gasteiger partial charge is 0.231 e.